The summed E-state index contributed by atoms with van der Waals surface area (Å²) in [6.07, 6.45) is 0. The molecule has 0 aliphatic rings. The second kappa shape index (κ2) is 5.50. The molecule has 0 bridgehead atoms. The summed E-state index contributed by atoms with van der Waals surface area (Å²) in [5.74, 6) is 0. The highest BCUT2D eigenvalue weighted by Crippen LogP contribution is 2.37. The van der Waals surface area contributed by atoms with Gasteiger partial charge in [0.1, 0.15) is 0 Å². The summed E-state index contributed by atoms with van der Waals surface area (Å²) in [4.78, 5) is 0. The molecule has 0 atom stereocenters. The lowest BCUT2D eigenvalue weighted by Crippen LogP contribution is -2.41. The highest BCUT2D eigenvalue weighted by Gasteiger charge is 2.37. The highest BCUT2D eigenvalue weighted by atomic mass is 79.9. The van der Waals surface area contributed by atoms with Crippen molar-refractivity contribution in [2.75, 3.05) is 6.61 Å². The molecule has 0 saturated carbocycles. The van der Waals surface area contributed by atoms with Gasteiger partial charge < -0.3 is 4.43 Å². The molecule has 0 aliphatic heterocycles. The van der Waals surface area contributed by atoms with Crippen LogP contribution < -0.4 is 0 Å². The van der Waals surface area contributed by atoms with Gasteiger partial charge in [0.15, 0.2) is 8.32 Å². The summed E-state index contributed by atoms with van der Waals surface area (Å²) < 4.78 is 7.37. The molecule has 0 unspecified atom stereocenters. The fourth-order valence-corrected chi connectivity index (χ4v) is 5.34. The zero-order valence-electron chi connectivity index (χ0n) is 12.1. The van der Waals surface area contributed by atoms with Crippen molar-refractivity contribution in [1.29, 1.82) is 0 Å². The summed E-state index contributed by atoms with van der Waals surface area (Å²) in [5, 5.41) is 0.291. The smallest absolute Gasteiger partial charge is 0.192 e. The van der Waals surface area contributed by atoms with Gasteiger partial charge in [0.25, 0.3) is 0 Å². The van der Waals surface area contributed by atoms with E-state index in [1.165, 1.54) is 4.48 Å². The maximum atomic E-state index is 6.15. The van der Waals surface area contributed by atoms with E-state index in [1.54, 1.807) is 0 Å². The molecule has 0 fully saturated rings. The van der Waals surface area contributed by atoms with E-state index in [-0.39, 0.29) is 0 Å². The normalized spacial score (nSPS) is 15.4. The Morgan fingerprint density at radius 2 is 1.56 bits per heavy atom. The van der Waals surface area contributed by atoms with Crippen LogP contribution in [0.5, 0.6) is 0 Å². The maximum absolute atomic E-state index is 6.15. The molecule has 0 aromatic heterocycles. The van der Waals surface area contributed by atoms with Crippen molar-refractivity contribution in [3.05, 3.63) is 10.2 Å². The Bertz CT molecular complexity index is 259. The molecule has 96 valence electrons. The molecule has 16 heavy (non-hydrogen) atoms. The molecule has 0 aliphatic carbocycles. The zero-order chi connectivity index (χ0) is 13.2. The van der Waals surface area contributed by atoms with Crippen LogP contribution in [0.4, 0.5) is 0 Å². The molecule has 0 aromatic rings. The van der Waals surface area contributed by atoms with Gasteiger partial charge in [-0.15, -0.1) is 0 Å². The predicted octanol–water partition coefficient (Wildman–Crippen LogP) is 5.16. The Balaban J connectivity index is 4.43. The highest BCUT2D eigenvalue weighted by molar-refractivity contribution is 9.11. The fourth-order valence-electron chi connectivity index (χ4n) is 0.977. The van der Waals surface area contributed by atoms with Crippen LogP contribution in [0.25, 0.3) is 0 Å². The van der Waals surface area contributed by atoms with Crippen LogP contribution in [-0.2, 0) is 4.43 Å². The second-order valence-corrected chi connectivity index (χ2v) is 17.9. The molecule has 0 rings (SSSR count). The van der Waals surface area contributed by atoms with Crippen molar-refractivity contribution >= 4 is 32.3 Å². The lowest BCUT2D eigenvalue weighted by Gasteiger charge is -2.36. The number of halogens is 1. The minimum absolute atomic E-state index is 0.291. The lowest BCUT2D eigenvalue weighted by atomic mass is 10.2. The van der Waals surface area contributed by atoms with Crippen LogP contribution >= 0.6 is 15.9 Å². The van der Waals surface area contributed by atoms with Crippen LogP contribution in [0.2, 0.25) is 37.8 Å². The van der Waals surface area contributed by atoms with Crippen LogP contribution in [0.1, 0.15) is 20.8 Å². The molecule has 1 nitrogen and oxygen atoms in total. The van der Waals surface area contributed by atoms with Gasteiger partial charge in [-0.2, -0.15) is 0 Å². The van der Waals surface area contributed by atoms with Crippen LogP contribution in [0.3, 0.4) is 0 Å². The first kappa shape index (κ1) is 16.6. The molecule has 0 aromatic carbocycles. The van der Waals surface area contributed by atoms with Gasteiger partial charge >= 0.3 is 0 Å². The standard InChI is InChI=1S/C12H27BrOSi2/c1-12(2,3)16(7,8)14-9-11(13)10-15(4,5)6/h10H,9H2,1-8H3/b11-10-. The lowest BCUT2D eigenvalue weighted by molar-refractivity contribution is 0.326. The third-order valence-electron chi connectivity index (χ3n) is 2.97. The zero-order valence-corrected chi connectivity index (χ0v) is 15.7. The minimum atomic E-state index is -1.60. The van der Waals surface area contributed by atoms with Gasteiger partial charge in [0.2, 0.25) is 0 Å². The third-order valence-corrected chi connectivity index (χ3v) is 9.54. The number of hydrogen-bond acceptors (Lipinski definition) is 1. The summed E-state index contributed by atoms with van der Waals surface area (Å²) in [6, 6.07) is 0. The predicted molar refractivity (Wildman–Crippen MR) is 83.5 cm³/mol. The quantitative estimate of drug-likeness (QED) is 0.649. The molecular weight excluding hydrogens is 296 g/mol. The largest absolute Gasteiger partial charge is 0.412 e. The Labute approximate surface area is 112 Å². The topological polar surface area (TPSA) is 9.23 Å². The number of rotatable bonds is 4. The molecule has 0 N–H and O–H groups in total. The van der Waals surface area contributed by atoms with Crippen molar-refractivity contribution in [3.8, 4) is 0 Å². The van der Waals surface area contributed by atoms with Crippen molar-refractivity contribution < 1.29 is 4.43 Å². The van der Waals surface area contributed by atoms with E-state index in [2.05, 4.69) is 75.1 Å². The van der Waals surface area contributed by atoms with E-state index >= 15 is 0 Å². The van der Waals surface area contributed by atoms with Crippen molar-refractivity contribution in [1.82, 2.24) is 0 Å². The van der Waals surface area contributed by atoms with E-state index in [1.807, 2.05) is 0 Å². The third kappa shape index (κ3) is 6.37. The Morgan fingerprint density at radius 3 is 1.88 bits per heavy atom. The summed E-state index contributed by atoms with van der Waals surface area (Å²) in [5.41, 5.74) is 2.36. The molecule has 0 heterocycles. The van der Waals surface area contributed by atoms with Crippen LogP contribution in [0.15, 0.2) is 10.2 Å². The first-order valence-corrected chi connectivity index (χ1v) is 13.1. The van der Waals surface area contributed by atoms with Gasteiger partial charge in [-0.05, 0) is 18.1 Å². The summed E-state index contributed by atoms with van der Waals surface area (Å²) >= 11 is 3.63. The second-order valence-electron chi connectivity index (χ2n) is 7.01. The first-order chi connectivity index (χ1) is 6.85. The van der Waals surface area contributed by atoms with Crippen LogP contribution in [0, 0.1) is 0 Å². The Kier molecular flexibility index (Phi) is 5.72. The summed E-state index contributed by atoms with van der Waals surface area (Å²) in [7, 11) is -2.73. The van der Waals surface area contributed by atoms with Crippen LogP contribution in [-0.4, -0.2) is 23.0 Å². The maximum Gasteiger partial charge on any atom is 0.192 e. The average molecular weight is 323 g/mol. The van der Waals surface area contributed by atoms with E-state index in [9.17, 15) is 0 Å². The van der Waals surface area contributed by atoms with Gasteiger partial charge in [0.05, 0.1) is 14.7 Å². The molecule has 0 saturated heterocycles. The van der Waals surface area contributed by atoms with E-state index in [4.69, 9.17) is 4.43 Å². The fraction of sp³-hybridized carbons (Fsp3) is 0.833. The van der Waals surface area contributed by atoms with Gasteiger partial charge in [0, 0.05) is 4.48 Å². The van der Waals surface area contributed by atoms with Gasteiger partial charge in [-0.3, -0.25) is 0 Å². The molecule has 4 heteroatoms. The minimum Gasteiger partial charge on any atom is -0.412 e. The van der Waals surface area contributed by atoms with Crippen molar-refractivity contribution in [2.45, 2.75) is 58.5 Å². The van der Waals surface area contributed by atoms with Gasteiger partial charge in [-0.1, -0.05) is 62.0 Å². The molecule has 0 amide bonds. The number of hydrogen-bond donors (Lipinski definition) is 0. The van der Waals surface area contributed by atoms with E-state index < -0.39 is 16.4 Å². The molecule has 0 radical (unpaired) electrons. The van der Waals surface area contributed by atoms with E-state index in [0.717, 1.165) is 6.61 Å². The van der Waals surface area contributed by atoms with Crippen molar-refractivity contribution in [2.24, 2.45) is 0 Å². The SMILES string of the molecule is CC(C)(C)[Si](C)(C)OC/C(Br)=C/[Si](C)(C)C. The monoisotopic (exact) mass is 322 g/mol. The average Bonchev–Trinajstić information content (AvgIpc) is 1.95. The van der Waals surface area contributed by atoms with Crippen molar-refractivity contribution in [3.63, 3.8) is 0 Å². The Hall–Kier alpha value is 0.614. The van der Waals surface area contributed by atoms with Gasteiger partial charge in [-0.25, -0.2) is 0 Å². The Morgan fingerprint density at radius 1 is 1.12 bits per heavy atom. The molecular formula is C12H27BrOSi2. The molecule has 0 spiro atoms. The first-order valence-electron chi connectivity index (χ1n) is 5.86. The summed E-state index contributed by atoms with van der Waals surface area (Å²) in [6.45, 7) is 19.1. The van der Waals surface area contributed by atoms with E-state index in [0.29, 0.717) is 5.04 Å².